The summed E-state index contributed by atoms with van der Waals surface area (Å²) in [6.07, 6.45) is -0.533. The Balaban J connectivity index is 1.49. The van der Waals surface area contributed by atoms with Gasteiger partial charge in [0, 0.05) is 34.4 Å². The van der Waals surface area contributed by atoms with Crippen molar-refractivity contribution >= 4 is 93.0 Å². The number of nitrogens with zero attached hydrogens (tertiary/aromatic N) is 1. The van der Waals surface area contributed by atoms with Gasteiger partial charge >= 0.3 is 6.09 Å². The lowest BCUT2D eigenvalue weighted by Gasteiger charge is -2.26. The van der Waals surface area contributed by atoms with Crippen LogP contribution in [0.1, 0.15) is 48.2 Å². The normalized spacial score (nSPS) is 17.3. The molecule has 1 aliphatic rings. The first-order valence-corrected chi connectivity index (χ1v) is 14.7. The first-order valence-electron chi connectivity index (χ1n) is 12.8. The van der Waals surface area contributed by atoms with E-state index < -0.39 is 39.7 Å². The standard InChI is InChI=1S/C30H28Cl5N3O4/c1-15-6-7-20(14-23(15)38(5)28(41)42-29(2,3)4)36-26(39)21-13-19(8-9-22(21)33)37-27(40)25-24(30(25,34)35)16-10-17(31)12-18(32)11-16/h6-14,24-25H,1-5H3,(H,36,39)(H,37,40)/t24-,25+/m0/s1. The van der Waals surface area contributed by atoms with Crippen LogP contribution in [0.15, 0.2) is 54.6 Å². The molecule has 0 heterocycles. The number of nitrogens with one attached hydrogen (secondary N) is 2. The topological polar surface area (TPSA) is 87.7 Å². The number of rotatable bonds is 6. The third-order valence-electron chi connectivity index (χ3n) is 6.55. The molecule has 0 aliphatic heterocycles. The van der Waals surface area contributed by atoms with E-state index >= 15 is 0 Å². The summed E-state index contributed by atoms with van der Waals surface area (Å²) in [5, 5.41) is 6.54. The van der Waals surface area contributed by atoms with Gasteiger partial charge in [0.15, 0.2) is 0 Å². The zero-order valence-electron chi connectivity index (χ0n) is 23.3. The van der Waals surface area contributed by atoms with Gasteiger partial charge in [-0.2, -0.15) is 0 Å². The molecule has 0 saturated heterocycles. The van der Waals surface area contributed by atoms with Crippen molar-refractivity contribution in [2.45, 2.75) is 43.5 Å². The molecule has 2 atom stereocenters. The number of ether oxygens (including phenoxy) is 1. The summed E-state index contributed by atoms with van der Waals surface area (Å²) in [5.74, 6) is -2.27. The zero-order chi connectivity index (χ0) is 31.1. The van der Waals surface area contributed by atoms with E-state index in [1.54, 1.807) is 70.3 Å². The SMILES string of the molecule is Cc1ccc(NC(=O)c2cc(NC(=O)[C@H]3[C@H](c4cc(Cl)cc(Cl)c4)C3(Cl)Cl)ccc2Cl)cc1N(C)C(=O)OC(C)(C)C. The summed E-state index contributed by atoms with van der Waals surface area (Å²) in [4.78, 5) is 40.4. The number of benzene rings is 3. The molecule has 0 spiro atoms. The molecule has 3 aromatic rings. The predicted molar refractivity (Wildman–Crippen MR) is 171 cm³/mol. The summed E-state index contributed by atoms with van der Waals surface area (Å²) in [5.41, 5.74) is 2.20. The highest BCUT2D eigenvalue weighted by Crippen LogP contribution is 2.65. The van der Waals surface area contributed by atoms with Crippen molar-refractivity contribution < 1.29 is 19.1 Å². The highest BCUT2D eigenvalue weighted by Gasteiger charge is 2.67. The largest absolute Gasteiger partial charge is 0.443 e. The third-order valence-corrected chi connectivity index (χ3v) is 8.26. The molecule has 0 bridgehead atoms. The summed E-state index contributed by atoms with van der Waals surface area (Å²) >= 11 is 31.5. The van der Waals surface area contributed by atoms with Crippen molar-refractivity contribution in [3.63, 3.8) is 0 Å². The van der Waals surface area contributed by atoms with Gasteiger partial charge in [-0.1, -0.05) is 40.9 Å². The van der Waals surface area contributed by atoms with E-state index in [2.05, 4.69) is 10.6 Å². The number of carbonyl (C=O) groups excluding carboxylic acids is 3. The summed E-state index contributed by atoms with van der Waals surface area (Å²) in [6.45, 7) is 7.18. The first-order chi connectivity index (χ1) is 19.5. The molecule has 1 saturated carbocycles. The quantitative estimate of drug-likeness (QED) is 0.256. The molecule has 222 valence electrons. The Kier molecular flexibility index (Phi) is 9.31. The molecule has 0 unspecified atom stereocenters. The number of carbonyl (C=O) groups is 3. The molecule has 2 N–H and O–H groups in total. The maximum atomic E-state index is 13.2. The molecule has 7 nitrogen and oxygen atoms in total. The molecule has 3 amide bonds. The lowest BCUT2D eigenvalue weighted by molar-refractivity contribution is -0.117. The molecule has 0 radical (unpaired) electrons. The summed E-state index contributed by atoms with van der Waals surface area (Å²) in [6, 6.07) is 14.6. The van der Waals surface area contributed by atoms with E-state index in [1.165, 1.54) is 17.0 Å². The van der Waals surface area contributed by atoms with Gasteiger partial charge in [-0.25, -0.2) is 4.79 Å². The lowest BCUT2D eigenvalue weighted by Crippen LogP contribution is -2.34. The van der Waals surface area contributed by atoms with E-state index in [0.29, 0.717) is 32.7 Å². The molecule has 3 aromatic carbocycles. The van der Waals surface area contributed by atoms with Gasteiger partial charge in [0.2, 0.25) is 5.91 Å². The Morgan fingerprint density at radius 1 is 0.881 bits per heavy atom. The third kappa shape index (κ3) is 7.26. The molecule has 0 aromatic heterocycles. The summed E-state index contributed by atoms with van der Waals surface area (Å²) in [7, 11) is 1.59. The first kappa shape index (κ1) is 32.2. The molecule has 1 aliphatic carbocycles. The van der Waals surface area contributed by atoms with Gasteiger partial charge in [0.25, 0.3) is 5.91 Å². The minimum Gasteiger partial charge on any atom is -0.443 e. The van der Waals surface area contributed by atoms with Crippen LogP contribution in [0.3, 0.4) is 0 Å². The second-order valence-corrected chi connectivity index (χ2v) is 13.7. The van der Waals surface area contributed by atoms with Crippen molar-refractivity contribution in [1.82, 2.24) is 0 Å². The number of hydrogen-bond acceptors (Lipinski definition) is 4. The van der Waals surface area contributed by atoms with Crippen molar-refractivity contribution in [3.8, 4) is 0 Å². The number of alkyl halides is 2. The zero-order valence-corrected chi connectivity index (χ0v) is 27.1. The molecular formula is C30H28Cl5N3O4. The summed E-state index contributed by atoms with van der Waals surface area (Å²) < 4.78 is 4.09. The smallest absolute Gasteiger partial charge is 0.414 e. The average molecular weight is 672 g/mol. The van der Waals surface area contributed by atoms with Crippen molar-refractivity contribution in [3.05, 3.63) is 86.4 Å². The van der Waals surface area contributed by atoms with Crippen molar-refractivity contribution in [2.75, 3.05) is 22.6 Å². The fourth-order valence-corrected chi connectivity index (χ4v) is 6.07. The average Bonchev–Trinajstić information content (AvgIpc) is 3.46. The van der Waals surface area contributed by atoms with Gasteiger partial charge in [0.1, 0.15) is 9.93 Å². The Bertz CT molecular complexity index is 1550. The van der Waals surface area contributed by atoms with Crippen LogP contribution < -0.4 is 15.5 Å². The Hall–Kier alpha value is -2.68. The van der Waals surface area contributed by atoms with Crippen LogP contribution >= 0.6 is 58.0 Å². The number of hydrogen-bond donors (Lipinski definition) is 2. The van der Waals surface area contributed by atoms with Crippen LogP contribution in [-0.2, 0) is 9.53 Å². The number of anilines is 3. The molecule has 1 fully saturated rings. The monoisotopic (exact) mass is 669 g/mol. The molecule has 4 rings (SSSR count). The highest BCUT2D eigenvalue weighted by molar-refractivity contribution is 6.53. The number of aryl methyl sites for hydroxylation is 1. The van der Waals surface area contributed by atoms with E-state index in [9.17, 15) is 14.4 Å². The second kappa shape index (κ2) is 12.1. The highest BCUT2D eigenvalue weighted by atomic mass is 35.5. The van der Waals surface area contributed by atoms with E-state index in [1.807, 2.05) is 6.92 Å². The minimum atomic E-state index is -1.36. The lowest BCUT2D eigenvalue weighted by atomic mass is 10.1. The second-order valence-electron chi connectivity index (χ2n) is 11.0. The maximum absolute atomic E-state index is 13.2. The van der Waals surface area contributed by atoms with E-state index in [0.717, 1.165) is 5.56 Å². The van der Waals surface area contributed by atoms with Crippen molar-refractivity contribution in [1.29, 1.82) is 0 Å². The Morgan fingerprint density at radius 2 is 1.48 bits per heavy atom. The number of halogens is 5. The van der Waals surface area contributed by atoms with Gasteiger partial charge in [-0.15, -0.1) is 23.2 Å². The Labute approximate surface area is 269 Å². The fraction of sp³-hybridized carbons (Fsp3) is 0.300. The van der Waals surface area contributed by atoms with Crippen molar-refractivity contribution in [2.24, 2.45) is 5.92 Å². The predicted octanol–water partition coefficient (Wildman–Crippen LogP) is 9.10. The van der Waals surface area contributed by atoms with Gasteiger partial charge in [-0.05, 0) is 87.4 Å². The van der Waals surface area contributed by atoms with Crippen LogP contribution in [0, 0.1) is 12.8 Å². The van der Waals surface area contributed by atoms with Crippen LogP contribution in [0.25, 0.3) is 0 Å². The van der Waals surface area contributed by atoms with Crippen LogP contribution in [-0.4, -0.2) is 34.9 Å². The van der Waals surface area contributed by atoms with Crippen LogP contribution in [0.4, 0.5) is 21.9 Å². The van der Waals surface area contributed by atoms with Crippen LogP contribution in [0.5, 0.6) is 0 Å². The van der Waals surface area contributed by atoms with E-state index in [-0.39, 0.29) is 10.6 Å². The fourth-order valence-electron chi connectivity index (χ4n) is 4.50. The maximum Gasteiger partial charge on any atom is 0.414 e. The molecular weight excluding hydrogens is 644 g/mol. The van der Waals surface area contributed by atoms with Gasteiger partial charge < -0.3 is 15.4 Å². The number of amides is 3. The van der Waals surface area contributed by atoms with E-state index in [4.69, 9.17) is 62.7 Å². The molecule has 12 heteroatoms. The Morgan fingerprint density at radius 3 is 2.10 bits per heavy atom. The molecule has 42 heavy (non-hydrogen) atoms. The van der Waals surface area contributed by atoms with Crippen LogP contribution in [0.2, 0.25) is 15.1 Å². The minimum absolute atomic E-state index is 0.120. The van der Waals surface area contributed by atoms with Gasteiger partial charge in [0.05, 0.1) is 22.2 Å². The van der Waals surface area contributed by atoms with Gasteiger partial charge in [-0.3, -0.25) is 14.5 Å².